The first-order chi connectivity index (χ1) is 2.81. The topological polar surface area (TPSA) is 32.6 Å². The zero-order valence-electron chi connectivity index (χ0n) is 2.86. The molecule has 0 rings (SSSR count). The van der Waals surface area contributed by atoms with E-state index < -0.39 is 6.67 Å². The normalized spacial score (nSPS) is 12.0. The highest BCUT2D eigenvalue weighted by molar-refractivity contribution is 9.18. The molecule has 0 aromatic carbocycles. The van der Waals surface area contributed by atoms with Crippen LogP contribution in [0.5, 0.6) is 0 Å². The van der Waals surface area contributed by atoms with E-state index in [0.717, 1.165) is 0 Å². The van der Waals surface area contributed by atoms with Crippen molar-refractivity contribution in [2.24, 2.45) is 5.16 Å². The van der Waals surface area contributed by atoms with Crippen LogP contribution in [0.1, 0.15) is 0 Å². The summed E-state index contributed by atoms with van der Waals surface area (Å²) in [4.78, 5) is 0. The summed E-state index contributed by atoms with van der Waals surface area (Å²) in [5, 5.41) is 10.1. The maximum Gasteiger partial charge on any atom is 0.153 e. The van der Waals surface area contributed by atoms with E-state index in [0.29, 0.717) is 0 Å². The maximum absolute atomic E-state index is 11.0. The Morgan fingerprint density at radius 1 is 2.00 bits per heavy atom. The Morgan fingerprint density at radius 2 is 2.50 bits per heavy atom. The summed E-state index contributed by atoms with van der Waals surface area (Å²) in [6.07, 6.45) is 0. The first kappa shape index (κ1) is 5.88. The Bertz CT molecular complexity index is 64.6. The number of hydrogen-bond acceptors (Lipinski definition) is 2. The molecule has 0 saturated heterocycles. The van der Waals surface area contributed by atoms with Gasteiger partial charge < -0.3 is 5.21 Å². The second-order valence-corrected chi connectivity index (χ2v) is 1.53. The summed E-state index contributed by atoms with van der Waals surface area (Å²) < 4.78 is 11.0. The minimum Gasteiger partial charge on any atom is -0.410 e. The minimum absolute atomic E-state index is 0.0810. The van der Waals surface area contributed by atoms with Crippen LogP contribution >= 0.6 is 15.9 Å². The van der Waals surface area contributed by atoms with Crippen LogP contribution in [0.25, 0.3) is 0 Å². The molecule has 2 nitrogen and oxygen atoms in total. The van der Waals surface area contributed by atoms with Gasteiger partial charge in [-0.25, -0.2) is 4.39 Å². The first-order valence-electron chi connectivity index (χ1n) is 1.23. The lowest BCUT2D eigenvalue weighted by Crippen LogP contribution is -1.84. The molecule has 0 atom stereocenters. The molecular formula is C2H3BrFNO. The van der Waals surface area contributed by atoms with E-state index in [9.17, 15) is 4.39 Å². The molecule has 0 aromatic heterocycles. The molecule has 6 heavy (non-hydrogen) atoms. The standard InChI is InChI=1S/C2H3BrFNO/c3-2(1-4)5-6/h6H,1H2/b5-2+. The molecule has 0 radical (unpaired) electrons. The molecule has 0 fully saturated rings. The third-order valence-electron chi connectivity index (χ3n) is 0.219. The van der Waals surface area contributed by atoms with E-state index in [-0.39, 0.29) is 4.62 Å². The fourth-order valence-electron chi connectivity index (χ4n) is 0.0267. The van der Waals surface area contributed by atoms with Crippen LogP contribution in [-0.2, 0) is 0 Å². The Balaban J connectivity index is 3.22. The van der Waals surface area contributed by atoms with Crippen molar-refractivity contribution in [2.45, 2.75) is 0 Å². The highest BCUT2D eigenvalue weighted by Gasteiger charge is 1.85. The smallest absolute Gasteiger partial charge is 0.153 e. The van der Waals surface area contributed by atoms with E-state index >= 15 is 0 Å². The van der Waals surface area contributed by atoms with Crippen LogP contribution in [0.15, 0.2) is 5.16 Å². The van der Waals surface area contributed by atoms with Gasteiger partial charge in [0.15, 0.2) is 4.62 Å². The monoisotopic (exact) mass is 155 g/mol. The van der Waals surface area contributed by atoms with Gasteiger partial charge in [-0.15, -0.1) is 0 Å². The molecule has 0 amide bonds. The summed E-state index contributed by atoms with van der Waals surface area (Å²) in [7, 11) is 0. The largest absolute Gasteiger partial charge is 0.410 e. The number of alkyl halides is 1. The third kappa shape index (κ3) is 2.14. The molecular weight excluding hydrogens is 153 g/mol. The van der Waals surface area contributed by atoms with Crippen LogP contribution in [-0.4, -0.2) is 16.5 Å². The lowest BCUT2D eigenvalue weighted by molar-refractivity contribution is 0.318. The third-order valence-corrected chi connectivity index (χ3v) is 0.589. The van der Waals surface area contributed by atoms with E-state index in [2.05, 4.69) is 21.1 Å². The molecule has 0 unspecified atom stereocenters. The summed E-state index contributed by atoms with van der Waals surface area (Å²) in [6.45, 7) is -0.753. The molecule has 0 aliphatic carbocycles. The van der Waals surface area contributed by atoms with Crippen molar-refractivity contribution in [3.63, 3.8) is 0 Å². The number of hydrogen-bond donors (Lipinski definition) is 1. The fourth-order valence-corrected chi connectivity index (χ4v) is 0.0267. The minimum atomic E-state index is -0.753. The van der Waals surface area contributed by atoms with E-state index in [1.165, 1.54) is 0 Å². The lowest BCUT2D eigenvalue weighted by atomic mass is 10.9. The molecule has 0 aliphatic rings. The zero-order valence-corrected chi connectivity index (χ0v) is 4.44. The number of nitrogens with zero attached hydrogens (tertiary/aromatic N) is 1. The van der Waals surface area contributed by atoms with Gasteiger partial charge in [-0.1, -0.05) is 5.16 Å². The Labute approximate surface area is 42.8 Å². The van der Waals surface area contributed by atoms with Crippen molar-refractivity contribution in [3.8, 4) is 0 Å². The van der Waals surface area contributed by atoms with Crippen molar-refractivity contribution in [1.82, 2.24) is 0 Å². The van der Waals surface area contributed by atoms with Gasteiger partial charge in [0, 0.05) is 0 Å². The van der Waals surface area contributed by atoms with E-state index in [1.54, 1.807) is 0 Å². The van der Waals surface area contributed by atoms with E-state index in [4.69, 9.17) is 5.21 Å². The Kier molecular flexibility index (Phi) is 3.02. The van der Waals surface area contributed by atoms with Crippen molar-refractivity contribution in [1.29, 1.82) is 0 Å². The highest BCUT2D eigenvalue weighted by atomic mass is 79.9. The van der Waals surface area contributed by atoms with Gasteiger partial charge in [-0.3, -0.25) is 0 Å². The second-order valence-electron chi connectivity index (χ2n) is 0.610. The number of halogens is 2. The van der Waals surface area contributed by atoms with Crippen molar-refractivity contribution in [3.05, 3.63) is 0 Å². The molecule has 0 saturated carbocycles. The predicted octanol–water partition coefficient (Wildman–Crippen LogP) is 1.14. The van der Waals surface area contributed by atoms with Crippen molar-refractivity contribution < 1.29 is 9.60 Å². The van der Waals surface area contributed by atoms with Crippen LogP contribution < -0.4 is 0 Å². The fraction of sp³-hybridized carbons (Fsp3) is 0.500. The van der Waals surface area contributed by atoms with Gasteiger partial charge in [0.05, 0.1) is 0 Å². The molecule has 4 heteroatoms. The summed E-state index contributed by atoms with van der Waals surface area (Å²) >= 11 is 2.60. The highest BCUT2D eigenvalue weighted by Crippen LogP contribution is 1.86. The predicted molar refractivity (Wildman–Crippen MR) is 24.1 cm³/mol. The second kappa shape index (κ2) is 3.08. The van der Waals surface area contributed by atoms with Gasteiger partial charge in [0.1, 0.15) is 6.67 Å². The quantitative estimate of drug-likeness (QED) is 0.344. The van der Waals surface area contributed by atoms with Crippen LogP contribution in [0, 0.1) is 0 Å². The van der Waals surface area contributed by atoms with Gasteiger partial charge in [-0.2, -0.15) is 0 Å². The molecule has 0 aromatic rings. The van der Waals surface area contributed by atoms with Crippen LogP contribution in [0.4, 0.5) is 4.39 Å². The molecule has 0 spiro atoms. The van der Waals surface area contributed by atoms with Gasteiger partial charge in [-0.05, 0) is 15.9 Å². The van der Waals surface area contributed by atoms with Gasteiger partial charge >= 0.3 is 0 Å². The Morgan fingerprint density at radius 3 is 2.50 bits per heavy atom. The van der Waals surface area contributed by atoms with Crippen molar-refractivity contribution >= 4 is 20.6 Å². The Hall–Kier alpha value is -0.120. The number of oxime groups is 1. The molecule has 0 heterocycles. The molecule has 0 aliphatic heterocycles. The van der Waals surface area contributed by atoms with Gasteiger partial charge in [0.2, 0.25) is 0 Å². The molecule has 1 N–H and O–H groups in total. The molecule has 36 valence electrons. The van der Waals surface area contributed by atoms with E-state index in [1.807, 2.05) is 0 Å². The number of rotatable bonds is 1. The maximum atomic E-state index is 11.0. The summed E-state index contributed by atoms with van der Waals surface area (Å²) in [5.74, 6) is 0. The summed E-state index contributed by atoms with van der Waals surface area (Å²) in [6, 6.07) is 0. The lowest BCUT2D eigenvalue weighted by Gasteiger charge is -1.76. The van der Waals surface area contributed by atoms with Crippen LogP contribution in [0.2, 0.25) is 0 Å². The average molecular weight is 156 g/mol. The van der Waals surface area contributed by atoms with Gasteiger partial charge in [0.25, 0.3) is 0 Å². The SMILES string of the molecule is O/N=C(/Br)CF. The first-order valence-corrected chi connectivity index (χ1v) is 2.03. The zero-order chi connectivity index (χ0) is 4.99. The molecule has 0 bridgehead atoms. The van der Waals surface area contributed by atoms with Crippen molar-refractivity contribution in [2.75, 3.05) is 6.67 Å². The summed E-state index contributed by atoms with van der Waals surface area (Å²) in [5.41, 5.74) is 0. The average Bonchev–Trinajstić information content (AvgIpc) is 1.65. The van der Waals surface area contributed by atoms with Crippen LogP contribution in [0.3, 0.4) is 0 Å².